The highest BCUT2D eigenvalue weighted by molar-refractivity contribution is 6.55. The Hall–Kier alpha value is -2.85. The second kappa shape index (κ2) is 11.0. The molecule has 0 fully saturated rings. The van der Waals surface area contributed by atoms with Gasteiger partial charge in [-0.15, -0.1) is 0 Å². The predicted octanol–water partition coefficient (Wildman–Crippen LogP) is 4.89. The first-order valence-electron chi connectivity index (χ1n) is 10.3. The van der Waals surface area contributed by atoms with Gasteiger partial charge in [-0.2, -0.15) is 0 Å². The molecule has 3 amide bonds. The number of amides is 3. The van der Waals surface area contributed by atoms with Crippen molar-refractivity contribution in [3.05, 3.63) is 61.0 Å². The van der Waals surface area contributed by atoms with E-state index in [1.165, 1.54) is 31.4 Å². The number of carbonyl (C=O) groups is 5. The normalized spacial score (nSPS) is 13.5. The Morgan fingerprint density at radius 3 is 1.83 bits per heavy atom. The summed E-state index contributed by atoms with van der Waals surface area (Å²) in [7, 11) is 1.24. The fourth-order valence-corrected chi connectivity index (χ4v) is 4.54. The lowest BCUT2D eigenvalue weighted by molar-refractivity contribution is -0.152. The van der Waals surface area contributed by atoms with Gasteiger partial charge in [0.05, 0.1) is 43.9 Å². The number of hydrogen-bond donors (Lipinski definition) is 1. The predicted molar refractivity (Wildman–Crippen MR) is 133 cm³/mol. The molecule has 0 bridgehead atoms. The lowest BCUT2D eigenvalue weighted by Crippen LogP contribution is -2.49. The van der Waals surface area contributed by atoms with E-state index in [-0.39, 0.29) is 36.8 Å². The number of anilines is 1. The largest absolute Gasteiger partial charge is 0.465 e. The number of nitrogens with one attached hydrogen (secondary N) is 1. The summed E-state index contributed by atoms with van der Waals surface area (Å²) >= 11 is 24.4. The van der Waals surface area contributed by atoms with Crippen LogP contribution in [0.15, 0.2) is 24.3 Å². The third-order valence-corrected chi connectivity index (χ3v) is 7.02. The summed E-state index contributed by atoms with van der Waals surface area (Å²) < 4.78 is 9.71. The summed E-state index contributed by atoms with van der Waals surface area (Å²) in [4.78, 5) is 63.6. The number of nitrogens with zero attached hydrogens (tertiary/aromatic N) is 1. The molecule has 190 valence electrons. The average Bonchev–Trinajstić information content (AvgIpc) is 3.10. The number of halogens is 4. The molecule has 1 N–H and O–H groups in total. The standard InChI is InChI=1S/C23H18Cl4N2O7/c1-9(2)19(29-20(31)13-14(21(29)32)16(25)18(27)17(26)15(13)24)23(34)36-8-12(30)28-11-6-4-10(5-7-11)22(33)35-3/h4-7,9,19H,8H2,1-3H3,(H,28,30)/t19-/m1/s1. The topological polar surface area (TPSA) is 119 Å². The first-order chi connectivity index (χ1) is 16.9. The maximum absolute atomic E-state index is 13.1. The summed E-state index contributed by atoms with van der Waals surface area (Å²) in [5, 5.41) is 1.55. The van der Waals surface area contributed by atoms with Crippen LogP contribution in [-0.4, -0.2) is 54.3 Å². The summed E-state index contributed by atoms with van der Waals surface area (Å²) in [5.74, 6) is -4.62. The summed E-state index contributed by atoms with van der Waals surface area (Å²) in [5.41, 5.74) is 0.0771. The summed E-state index contributed by atoms with van der Waals surface area (Å²) in [6.45, 7) is 2.46. The Bertz CT molecular complexity index is 1230. The SMILES string of the molecule is COC(=O)c1ccc(NC(=O)COC(=O)[C@@H](C(C)C)N2C(=O)c3c(Cl)c(Cl)c(Cl)c(Cl)c3C2=O)cc1. The van der Waals surface area contributed by atoms with Crippen molar-refractivity contribution >= 4 is 81.8 Å². The Morgan fingerprint density at radius 2 is 1.39 bits per heavy atom. The van der Waals surface area contributed by atoms with Gasteiger partial charge >= 0.3 is 11.9 Å². The number of esters is 2. The molecule has 2 aromatic carbocycles. The minimum atomic E-state index is -1.39. The molecule has 1 aliphatic heterocycles. The molecule has 9 nitrogen and oxygen atoms in total. The highest BCUT2D eigenvalue weighted by Crippen LogP contribution is 2.45. The van der Waals surface area contributed by atoms with Crippen molar-refractivity contribution in [2.45, 2.75) is 19.9 Å². The van der Waals surface area contributed by atoms with Crippen LogP contribution in [-0.2, 0) is 19.1 Å². The lowest BCUT2D eigenvalue weighted by Gasteiger charge is -2.27. The Kier molecular flexibility index (Phi) is 8.51. The van der Waals surface area contributed by atoms with Crippen molar-refractivity contribution in [2.24, 2.45) is 5.92 Å². The zero-order valence-corrected chi connectivity index (χ0v) is 22.0. The van der Waals surface area contributed by atoms with Crippen molar-refractivity contribution < 1.29 is 33.4 Å². The second-order valence-corrected chi connectivity index (χ2v) is 9.41. The van der Waals surface area contributed by atoms with Gasteiger partial charge in [-0.05, 0) is 30.2 Å². The Labute approximate surface area is 225 Å². The molecule has 0 aromatic heterocycles. The Balaban J connectivity index is 1.74. The molecule has 0 radical (unpaired) electrons. The van der Waals surface area contributed by atoms with Gasteiger partial charge in [0.2, 0.25) is 0 Å². The molecular formula is C23H18Cl4N2O7. The van der Waals surface area contributed by atoms with Crippen LogP contribution in [0.5, 0.6) is 0 Å². The van der Waals surface area contributed by atoms with Crippen LogP contribution in [0, 0.1) is 5.92 Å². The summed E-state index contributed by atoms with van der Waals surface area (Å²) in [6, 6.07) is 4.42. The summed E-state index contributed by atoms with van der Waals surface area (Å²) in [6.07, 6.45) is 0. The van der Waals surface area contributed by atoms with Crippen molar-refractivity contribution in [1.29, 1.82) is 0 Å². The third-order valence-electron chi connectivity index (χ3n) is 5.22. The molecule has 0 spiro atoms. The minimum Gasteiger partial charge on any atom is -0.465 e. The van der Waals surface area contributed by atoms with E-state index in [0.29, 0.717) is 10.6 Å². The maximum atomic E-state index is 13.1. The van der Waals surface area contributed by atoms with Crippen LogP contribution in [0.3, 0.4) is 0 Å². The fraction of sp³-hybridized carbons (Fsp3) is 0.261. The highest BCUT2D eigenvalue weighted by Gasteiger charge is 2.48. The van der Waals surface area contributed by atoms with Crippen LogP contribution in [0.4, 0.5) is 5.69 Å². The molecular weight excluding hydrogens is 558 g/mol. The molecule has 0 saturated heterocycles. The van der Waals surface area contributed by atoms with E-state index < -0.39 is 48.2 Å². The van der Waals surface area contributed by atoms with Gasteiger partial charge in [0, 0.05) is 5.69 Å². The van der Waals surface area contributed by atoms with E-state index in [2.05, 4.69) is 10.1 Å². The van der Waals surface area contributed by atoms with E-state index in [4.69, 9.17) is 51.1 Å². The Morgan fingerprint density at radius 1 is 0.889 bits per heavy atom. The highest BCUT2D eigenvalue weighted by atomic mass is 35.5. The van der Waals surface area contributed by atoms with E-state index in [0.717, 1.165) is 0 Å². The molecule has 1 atom stereocenters. The second-order valence-electron chi connectivity index (χ2n) is 7.90. The van der Waals surface area contributed by atoms with Crippen molar-refractivity contribution in [3.8, 4) is 0 Å². The third kappa shape index (κ3) is 5.15. The van der Waals surface area contributed by atoms with Gasteiger partial charge in [0.25, 0.3) is 17.7 Å². The molecule has 3 rings (SSSR count). The van der Waals surface area contributed by atoms with Gasteiger partial charge < -0.3 is 14.8 Å². The fourth-order valence-electron chi connectivity index (χ4n) is 3.52. The number of methoxy groups -OCH3 is 1. The number of ether oxygens (including phenoxy) is 2. The van der Waals surface area contributed by atoms with E-state index in [9.17, 15) is 24.0 Å². The number of carbonyl (C=O) groups excluding carboxylic acids is 5. The molecule has 0 unspecified atom stereocenters. The van der Waals surface area contributed by atoms with Gasteiger partial charge in [-0.25, -0.2) is 9.59 Å². The number of benzene rings is 2. The maximum Gasteiger partial charge on any atom is 0.337 e. The first-order valence-corrected chi connectivity index (χ1v) is 11.8. The van der Waals surface area contributed by atoms with E-state index >= 15 is 0 Å². The molecule has 1 aliphatic rings. The molecule has 13 heteroatoms. The van der Waals surface area contributed by atoms with Crippen LogP contribution in [0.25, 0.3) is 0 Å². The number of imide groups is 1. The monoisotopic (exact) mass is 574 g/mol. The molecule has 1 heterocycles. The van der Waals surface area contributed by atoms with Gasteiger partial charge in [0.15, 0.2) is 6.61 Å². The molecule has 0 aliphatic carbocycles. The first kappa shape index (κ1) is 27.7. The zero-order chi connectivity index (χ0) is 26.9. The van der Waals surface area contributed by atoms with Crippen molar-refractivity contribution in [3.63, 3.8) is 0 Å². The van der Waals surface area contributed by atoms with E-state index in [1.54, 1.807) is 13.8 Å². The van der Waals surface area contributed by atoms with Gasteiger partial charge in [-0.1, -0.05) is 60.3 Å². The van der Waals surface area contributed by atoms with Crippen LogP contribution in [0.2, 0.25) is 20.1 Å². The minimum absolute atomic E-state index is 0.204. The van der Waals surface area contributed by atoms with Crippen LogP contribution >= 0.6 is 46.4 Å². The van der Waals surface area contributed by atoms with Crippen molar-refractivity contribution in [1.82, 2.24) is 4.90 Å². The molecule has 2 aromatic rings. The smallest absolute Gasteiger partial charge is 0.337 e. The lowest BCUT2D eigenvalue weighted by atomic mass is 10.0. The van der Waals surface area contributed by atoms with Gasteiger partial charge in [0.1, 0.15) is 6.04 Å². The molecule has 36 heavy (non-hydrogen) atoms. The van der Waals surface area contributed by atoms with E-state index in [1.807, 2.05) is 0 Å². The number of fused-ring (bicyclic) bond motifs is 1. The number of rotatable bonds is 7. The molecule has 0 saturated carbocycles. The van der Waals surface area contributed by atoms with Crippen LogP contribution < -0.4 is 5.32 Å². The number of hydrogen-bond acceptors (Lipinski definition) is 7. The van der Waals surface area contributed by atoms with Gasteiger partial charge in [-0.3, -0.25) is 19.3 Å². The quantitative estimate of drug-likeness (QED) is 0.216. The van der Waals surface area contributed by atoms with Crippen LogP contribution in [0.1, 0.15) is 44.9 Å². The zero-order valence-electron chi connectivity index (χ0n) is 19.0. The average molecular weight is 576 g/mol. The van der Waals surface area contributed by atoms with Crippen molar-refractivity contribution in [2.75, 3.05) is 19.0 Å².